The third-order valence-corrected chi connectivity index (χ3v) is 5.55. The molecule has 0 saturated carbocycles. The Morgan fingerprint density at radius 3 is 2.04 bits per heavy atom. The van der Waals surface area contributed by atoms with Crippen LogP contribution in [0.2, 0.25) is 0 Å². The zero-order chi connectivity index (χ0) is 19.2. The average Bonchev–Trinajstić information content (AvgIpc) is 2.53. The number of aryl methyl sites for hydroxylation is 1. The first-order valence-electron chi connectivity index (χ1n) is 8.00. The van der Waals surface area contributed by atoms with Crippen LogP contribution in [-0.2, 0) is 35.5 Å². The van der Waals surface area contributed by atoms with E-state index < -0.39 is 27.9 Å². The number of rotatable bonds is 8. The molecule has 0 radical (unpaired) electrons. The molecule has 0 atom stereocenters. The number of benzene rings is 1. The van der Waals surface area contributed by atoms with Crippen LogP contribution >= 0.6 is 0 Å². The Morgan fingerprint density at radius 1 is 1.08 bits per heavy atom. The van der Waals surface area contributed by atoms with Crippen LogP contribution in [0, 0.1) is 12.8 Å². The van der Waals surface area contributed by atoms with Gasteiger partial charge in [-0.3, -0.25) is 9.59 Å². The minimum absolute atomic E-state index is 0.00783. The third-order valence-electron chi connectivity index (χ3n) is 3.59. The Kier molecular flexibility index (Phi) is 7.57. The molecule has 1 rings (SSSR count). The Labute approximate surface area is 149 Å². The number of ether oxygens (including phenoxy) is 2. The lowest BCUT2D eigenvalue weighted by atomic mass is 9.98. The molecule has 0 N–H and O–H groups in total. The van der Waals surface area contributed by atoms with Gasteiger partial charge in [0.25, 0.3) is 0 Å². The van der Waals surface area contributed by atoms with Gasteiger partial charge < -0.3 is 9.47 Å². The molecule has 1 aromatic carbocycles. The molecule has 0 spiro atoms. The van der Waals surface area contributed by atoms with Crippen molar-refractivity contribution in [2.45, 2.75) is 32.1 Å². The first kappa shape index (κ1) is 21.1. The first-order valence-corrected chi connectivity index (χ1v) is 9.44. The second-order valence-electron chi connectivity index (χ2n) is 5.65. The summed E-state index contributed by atoms with van der Waals surface area (Å²) in [6.07, 6.45) is 0.00783. The van der Waals surface area contributed by atoms with Gasteiger partial charge in [0.2, 0.25) is 10.0 Å². The Bertz CT molecular complexity index is 709. The zero-order valence-corrected chi connectivity index (χ0v) is 16.1. The lowest BCUT2D eigenvalue weighted by Crippen LogP contribution is -2.30. The normalized spacial score (nSPS) is 11.6. The van der Waals surface area contributed by atoms with Crippen LogP contribution in [0.25, 0.3) is 0 Å². The van der Waals surface area contributed by atoms with E-state index in [1.807, 2.05) is 0 Å². The van der Waals surface area contributed by atoms with E-state index in [0.29, 0.717) is 11.1 Å². The lowest BCUT2D eigenvalue weighted by Gasteiger charge is -2.17. The van der Waals surface area contributed by atoms with Gasteiger partial charge in [0, 0.05) is 14.1 Å². The number of carbonyl (C=O) groups is 2. The maximum absolute atomic E-state index is 12.4. The molecule has 0 aromatic heterocycles. The average molecular weight is 371 g/mol. The van der Waals surface area contributed by atoms with Crippen molar-refractivity contribution in [1.82, 2.24) is 4.31 Å². The minimum Gasteiger partial charge on any atom is -0.465 e. The van der Waals surface area contributed by atoms with Crippen molar-refractivity contribution in [1.29, 1.82) is 0 Å². The first-order chi connectivity index (χ1) is 11.6. The summed E-state index contributed by atoms with van der Waals surface area (Å²) in [5.74, 6) is -2.49. The molecule has 0 aliphatic rings. The summed E-state index contributed by atoms with van der Waals surface area (Å²) < 4.78 is 35.8. The molecule has 0 aliphatic carbocycles. The topological polar surface area (TPSA) is 90.0 Å². The zero-order valence-electron chi connectivity index (χ0n) is 15.2. The molecule has 7 nitrogen and oxygen atoms in total. The number of carbonyl (C=O) groups excluding carboxylic acids is 2. The van der Waals surface area contributed by atoms with Crippen LogP contribution in [-0.4, -0.2) is 52.0 Å². The van der Waals surface area contributed by atoms with Gasteiger partial charge in [0.15, 0.2) is 5.92 Å². The fourth-order valence-corrected chi connectivity index (χ4v) is 3.40. The summed E-state index contributed by atoms with van der Waals surface area (Å²) in [4.78, 5) is 24.3. The smallest absolute Gasteiger partial charge is 0.320 e. The molecule has 0 unspecified atom stereocenters. The van der Waals surface area contributed by atoms with Crippen LogP contribution in [0.15, 0.2) is 23.1 Å². The molecular formula is C17H25NO6S. The van der Waals surface area contributed by atoms with E-state index in [2.05, 4.69) is 0 Å². The highest BCUT2D eigenvalue weighted by atomic mass is 32.2. The van der Waals surface area contributed by atoms with E-state index in [1.165, 1.54) is 20.2 Å². The van der Waals surface area contributed by atoms with Crippen molar-refractivity contribution in [3.05, 3.63) is 29.3 Å². The Morgan fingerprint density at radius 2 is 1.60 bits per heavy atom. The van der Waals surface area contributed by atoms with E-state index in [0.717, 1.165) is 4.31 Å². The van der Waals surface area contributed by atoms with Crippen LogP contribution in [0.3, 0.4) is 0 Å². The van der Waals surface area contributed by atoms with Crippen molar-refractivity contribution in [2.24, 2.45) is 5.92 Å². The summed E-state index contributed by atoms with van der Waals surface area (Å²) in [5.41, 5.74) is 1.12. The predicted octanol–water partition coefficient (Wildman–Crippen LogP) is 1.53. The fraction of sp³-hybridized carbons (Fsp3) is 0.529. The lowest BCUT2D eigenvalue weighted by molar-refractivity contribution is -0.161. The quantitative estimate of drug-likeness (QED) is 0.508. The van der Waals surface area contributed by atoms with Gasteiger partial charge >= 0.3 is 11.9 Å². The molecule has 0 aliphatic heterocycles. The molecule has 1 aromatic rings. The van der Waals surface area contributed by atoms with Gasteiger partial charge in [-0.05, 0) is 44.4 Å². The van der Waals surface area contributed by atoms with Crippen molar-refractivity contribution < 1.29 is 27.5 Å². The van der Waals surface area contributed by atoms with Crippen LogP contribution in [0.5, 0.6) is 0 Å². The number of sulfonamides is 1. The van der Waals surface area contributed by atoms with E-state index >= 15 is 0 Å². The largest absolute Gasteiger partial charge is 0.465 e. The molecule has 0 heterocycles. The van der Waals surface area contributed by atoms with Gasteiger partial charge in [-0.15, -0.1) is 0 Å². The summed E-state index contributed by atoms with van der Waals surface area (Å²) in [6.45, 7) is 5.27. The van der Waals surface area contributed by atoms with Crippen LogP contribution in [0.1, 0.15) is 25.0 Å². The van der Waals surface area contributed by atoms with Gasteiger partial charge in [-0.1, -0.05) is 12.1 Å². The number of esters is 2. The third kappa shape index (κ3) is 5.27. The Balaban J connectivity index is 3.22. The second-order valence-corrected chi connectivity index (χ2v) is 7.77. The highest BCUT2D eigenvalue weighted by Crippen LogP contribution is 2.22. The van der Waals surface area contributed by atoms with Gasteiger partial charge in [0.1, 0.15) is 0 Å². The van der Waals surface area contributed by atoms with E-state index in [9.17, 15) is 18.0 Å². The molecule has 0 fully saturated rings. The van der Waals surface area contributed by atoms with E-state index in [4.69, 9.17) is 9.47 Å². The monoisotopic (exact) mass is 371 g/mol. The van der Waals surface area contributed by atoms with Crippen molar-refractivity contribution in [3.8, 4) is 0 Å². The van der Waals surface area contributed by atoms with Crippen molar-refractivity contribution >= 4 is 22.0 Å². The van der Waals surface area contributed by atoms with Crippen LogP contribution in [0.4, 0.5) is 0 Å². The predicted molar refractivity (Wildman–Crippen MR) is 92.5 cm³/mol. The minimum atomic E-state index is -3.63. The number of nitrogens with zero attached hydrogens (tertiary/aromatic N) is 1. The molecule has 0 saturated heterocycles. The molecular weight excluding hydrogens is 346 g/mol. The number of hydrogen-bond acceptors (Lipinski definition) is 6. The fourth-order valence-electron chi connectivity index (χ4n) is 2.23. The summed E-state index contributed by atoms with van der Waals surface area (Å²) in [5, 5.41) is 0. The highest BCUT2D eigenvalue weighted by molar-refractivity contribution is 7.89. The van der Waals surface area contributed by atoms with Gasteiger partial charge in [-0.2, -0.15) is 0 Å². The summed E-state index contributed by atoms with van der Waals surface area (Å²) in [7, 11) is -0.734. The highest BCUT2D eigenvalue weighted by Gasteiger charge is 2.30. The molecule has 0 bridgehead atoms. The van der Waals surface area contributed by atoms with Gasteiger partial charge in [0.05, 0.1) is 18.1 Å². The molecule has 8 heteroatoms. The van der Waals surface area contributed by atoms with Gasteiger partial charge in [-0.25, -0.2) is 12.7 Å². The number of hydrogen-bond donors (Lipinski definition) is 0. The second kappa shape index (κ2) is 8.96. The molecule has 0 amide bonds. The summed E-state index contributed by atoms with van der Waals surface area (Å²) in [6, 6.07) is 4.82. The molecule has 140 valence electrons. The van der Waals surface area contributed by atoms with E-state index in [-0.39, 0.29) is 24.5 Å². The van der Waals surface area contributed by atoms with E-state index in [1.54, 1.807) is 32.9 Å². The van der Waals surface area contributed by atoms with Crippen molar-refractivity contribution in [3.63, 3.8) is 0 Å². The summed E-state index contributed by atoms with van der Waals surface area (Å²) >= 11 is 0. The molecule has 25 heavy (non-hydrogen) atoms. The standard InChI is InChI=1S/C17H25NO6S/c1-6-23-16(19)14(17(20)24-7-2)10-13-9-8-12(3)15(11-13)25(21,22)18(4)5/h8-9,11,14H,6-7,10H2,1-5H3. The van der Waals surface area contributed by atoms with Crippen molar-refractivity contribution in [2.75, 3.05) is 27.3 Å². The maximum atomic E-state index is 12.4. The SMILES string of the molecule is CCOC(=O)C(Cc1ccc(C)c(S(=O)(=O)N(C)C)c1)C(=O)OCC. The van der Waals surface area contributed by atoms with Crippen LogP contribution < -0.4 is 0 Å². The maximum Gasteiger partial charge on any atom is 0.320 e. The Hall–Kier alpha value is -1.93.